The maximum Gasteiger partial charge on any atom is 0.414 e. The van der Waals surface area contributed by atoms with Crippen molar-refractivity contribution in [2.75, 3.05) is 24.6 Å². The van der Waals surface area contributed by atoms with Gasteiger partial charge in [0.2, 0.25) is 0 Å². The van der Waals surface area contributed by atoms with Crippen LogP contribution >= 0.6 is 0 Å². The van der Waals surface area contributed by atoms with Crippen LogP contribution in [0.2, 0.25) is 0 Å². The summed E-state index contributed by atoms with van der Waals surface area (Å²) in [6.45, 7) is 3.56. The van der Waals surface area contributed by atoms with E-state index in [1.165, 1.54) is 5.56 Å². The summed E-state index contributed by atoms with van der Waals surface area (Å²) in [5.41, 5.74) is 4.36. The number of nitrogens with zero attached hydrogens (tertiary/aromatic N) is 2. The Bertz CT molecular complexity index is 988. The Hall–Kier alpha value is -3.37. The Morgan fingerprint density at radius 2 is 1.45 bits per heavy atom. The van der Waals surface area contributed by atoms with Gasteiger partial charge in [-0.2, -0.15) is 0 Å². The largest absolute Gasteiger partial charge is 0.445 e. The van der Waals surface area contributed by atoms with Crippen LogP contribution in [0.5, 0.6) is 0 Å². The number of para-hydroxylation sites is 1. The molecule has 0 saturated carbocycles. The molecule has 0 radical (unpaired) electrons. The van der Waals surface area contributed by atoms with Gasteiger partial charge in [-0.15, -0.1) is 0 Å². The number of anilines is 1. The Kier molecular flexibility index (Phi) is 7.14. The lowest BCUT2D eigenvalue weighted by molar-refractivity contribution is 0.157. The van der Waals surface area contributed by atoms with Crippen molar-refractivity contribution in [2.45, 2.75) is 19.5 Å². The zero-order valence-corrected chi connectivity index (χ0v) is 17.7. The van der Waals surface area contributed by atoms with E-state index in [0.29, 0.717) is 13.2 Å². The highest BCUT2D eigenvalue weighted by Gasteiger charge is 2.20. The molecule has 0 fully saturated rings. The minimum Gasteiger partial charge on any atom is -0.445 e. The maximum absolute atomic E-state index is 13.0. The topological polar surface area (TPSA) is 32.8 Å². The van der Waals surface area contributed by atoms with Gasteiger partial charge < -0.3 is 4.74 Å². The molecule has 0 aliphatic carbocycles. The molecule has 158 valence electrons. The van der Waals surface area contributed by atoms with E-state index in [4.69, 9.17) is 4.74 Å². The van der Waals surface area contributed by atoms with Crippen LogP contribution in [0.1, 0.15) is 17.5 Å². The Labute approximate surface area is 184 Å². The van der Waals surface area contributed by atoms with Crippen molar-refractivity contribution in [3.8, 4) is 0 Å². The molecule has 3 aromatic carbocycles. The minimum atomic E-state index is -0.323. The summed E-state index contributed by atoms with van der Waals surface area (Å²) in [7, 11) is 0. The fourth-order valence-corrected chi connectivity index (χ4v) is 3.83. The molecule has 0 unspecified atom stereocenters. The van der Waals surface area contributed by atoms with Gasteiger partial charge in [-0.25, -0.2) is 4.79 Å². The van der Waals surface area contributed by atoms with E-state index >= 15 is 0 Å². The number of hydrogen-bond acceptors (Lipinski definition) is 3. The van der Waals surface area contributed by atoms with Gasteiger partial charge in [0.1, 0.15) is 6.61 Å². The first kappa shape index (κ1) is 20.9. The predicted molar refractivity (Wildman–Crippen MR) is 125 cm³/mol. The van der Waals surface area contributed by atoms with E-state index in [2.05, 4.69) is 35.2 Å². The third-order valence-corrected chi connectivity index (χ3v) is 5.41. The number of carbonyl (C=O) groups is 1. The van der Waals surface area contributed by atoms with Gasteiger partial charge in [-0.1, -0.05) is 84.9 Å². The second-order valence-corrected chi connectivity index (χ2v) is 7.81. The van der Waals surface area contributed by atoms with Gasteiger partial charge in [0.05, 0.1) is 6.54 Å². The van der Waals surface area contributed by atoms with Crippen LogP contribution in [0, 0.1) is 0 Å². The smallest absolute Gasteiger partial charge is 0.414 e. The highest BCUT2D eigenvalue weighted by molar-refractivity contribution is 5.87. The summed E-state index contributed by atoms with van der Waals surface area (Å²) >= 11 is 0. The zero-order chi connectivity index (χ0) is 21.3. The Morgan fingerprint density at radius 3 is 2.13 bits per heavy atom. The summed E-state index contributed by atoms with van der Waals surface area (Å²) in [6.07, 6.45) is 2.86. The van der Waals surface area contributed by atoms with Crippen molar-refractivity contribution in [1.29, 1.82) is 0 Å². The van der Waals surface area contributed by atoms with Crippen LogP contribution in [-0.4, -0.2) is 30.7 Å². The molecule has 3 aromatic rings. The van der Waals surface area contributed by atoms with Gasteiger partial charge in [-0.3, -0.25) is 9.80 Å². The first-order chi connectivity index (χ1) is 15.3. The van der Waals surface area contributed by atoms with Crippen molar-refractivity contribution < 1.29 is 9.53 Å². The quantitative estimate of drug-likeness (QED) is 0.469. The predicted octanol–water partition coefficient (Wildman–Crippen LogP) is 5.66. The number of carbonyl (C=O) groups excluding carboxylic acids is 1. The van der Waals surface area contributed by atoms with Crippen LogP contribution in [0.4, 0.5) is 10.5 Å². The monoisotopic (exact) mass is 412 g/mol. The normalized spacial score (nSPS) is 14.0. The molecule has 4 nitrogen and oxygen atoms in total. The molecular weight excluding hydrogens is 384 g/mol. The van der Waals surface area contributed by atoms with Crippen molar-refractivity contribution >= 4 is 11.8 Å². The third-order valence-electron chi connectivity index (χ3n) is 5.41. The first-order valence-corrected chi connectivity index (χ1v) is 10.8. The fourth-order valence-electron chi connectivity index (χ4n) is 3.83. The van der Waals surface area contributed by atoms with Crippen LogP contribution < -0.4 is 4.90 Å². The van der Waals surface area contributed by atoms with E-state index < -0.39 is 0 Å². The average Bonchev–Trinajstić information content (AvgIpc) is 2.83. The van der Waals surface area contributed by atoms with Gasteiger partial charge in [0, 0.05) is 25.3 Å². The molecule has 4 heteroatoms. The van der Waals surface area contributed by atoms with Gasteiger partial charge in [0.15, 0.2) is 0 Å². The Balaban J connectivity index is 1.37. The number of benzene rings is 3. The van der Waals surface area contributed by atoms with Crippen LogP contribution in [0.3, 0.4) is 0 Å². The maximum atomic E-state index is 13.0. The van der Waals surface area contributed by atoms with Crippen molar-refractivity contribution in [3.63, 3.8) is 0 Å². The average molecular weight is 413 g/mol. The molecule has 1 aliphatic heterocycles. The molecule has 1 amide bonds. The van der Waals surface area contributed by atoms with Crippen LogP contribution in [0.15, 0.2) is 103 Å². The lowest BCUT2D eigenvalue weighted by Gasteiger charge is -2.28. The van der Waals surface area contributed by atoms with Crippen LogP contribution in [-0.2, 0) is 17.8 Å². The van der Waals surface area contributed by atoms with Crippen molar-refractivity contribution in [2.24, 2.45) is 0 Å². The van der Waals surface area contributed by atoms with E-state index in [9.17, 15) is 4.79 Å². The van der Waals surface area contributed by atoms with E-state index in [-0.39, 0.29) is 6.09 Å². The second kappa shape index (κ2) is 10.6. The molecule has 31 heavy (non-hydrogen) atoms. The van der Waals surface area contributed by atoms with Gasteiger partial charge in [0.25, 0.3) is 0 Å². The SMILES string of the molecule is O=C(OCC1=CCCN(Cc2ccccc2)C1)N(Cc1ccccc1)c1ccccc1. The van der Waals surface area contributed by atoms with Crippen LogP contribution in [0.25, 0.3) is 0 Å². The molecule has 1 heterocycles. The standard InChI is InChI=1S/C27H28N2O2/c30-27(29(26-16-8-3-9-17-26)21-24-13-6-2-7-14-24)31-22-25-15-10-18-28(20-25)19-23-11-4-1-5-12-23/h1-9,11-17H,10,18-22H2. The lowest BCUT2D eigenvalue weighted by Crippen LogP contribution is -2.34. The fraction of sp³-hybridized carbons (Fsp3) is 0.222. The summed E-state index contributed by atoms with van der Waals surface area (Å²) in [4.78, 5) is 17.1. The molecule has 0 aromatic heterocycles. The summed E-state index contributed by atoms with van der Waals surface area (Å²) in [6, 6.07) is 30.2. The van der Waals surface area contributed by atoms with E-state index in [0.717, 1.165) is 42.9 Å². The molecule has 1 aliphatic rings. The molecule has 4 rings (SSSR count). The summed E-state index contributed by atoms with van der Waals surface area (Å²) in [5.74, 6) is 0. The van der Waals surface area contributed by atoms with Gasteiger partial charge in [-0.05, 0) is 35.3 Å². The number of hydrogen-bond donors (Lipinski definition) is 0. The van der Waals surface area contributed by atoms with Gasteiger partial charge >= 0.3 is 6.09 Å². The lowest BCUT2D eigenvalue weighted by atomic mass is 10.1. The number of amides is 1. The molecule has 0 bridgehead atoms. The van der Waals surface area contributed by atoms with E-state index in [1.54, 1.807) is 4.90 Å². The highest BCUT2D eigenvalue weighted by atomic mass is 16.6. The molecule has 0 spiro atoms. The first-order valence-electron chi connectivity index (χ1n) is 10.8. The minimum absolute atomic E-state index is 0.322. The number of rotatable bonds is 7. The van der Waals surface area contributed by atoms with Crippen molar-refractivity contribution in [3.05, 3.63) is 114 Å². The summed E-state index contributed by atoms with van der Waals surface area (Å²) < 4.78 is 5.76. The van der Waals surface area contributed by atoms with E-state index in [1.807, 2.05) is 66.7 Å². The second-order valence-electron chi connectivity index (χ2n) is 7.81. The molecule has 0 atom stereocenters. The van der Waals surface area contributed by atoms with Crippen molar-refractivity contribution in [1.82, 2.24) is 4.90 Å². The third kappa shape index (κ3) is 6.06. The highest BCUT2D eigenvalue weighted by Crippen LogP contribution is 2.19. The summed E-state index contributed by atoms with van der Waals surface area (Å²) in [5, 5.41) is 0. The molecular formula is C27H28N2O2. The molecule has 0 saturated heterocycles. The Morgan fingerprint density at radius 1 is 0.839 bits per heavy atom. The molecule has 0 N–H and O–H groups in total. The zero-order valence-electron chi connectivity index (χ0n) is 17.7. The number of ether oxygens (including phenoxy) is 1.